The molecular weight excluding hydrogens is 405 g/mol. The number of amides is 1. The summed E-state index contributed by atoms with van der Waals surface area (Å²) in [5.74, 6) is 0.00418. The van der Waals surface area contributed by atoms with Gasteiger partial charge in [0, 0.05) is 43.2 Å². The normalized spacial score (nSPS) is 17.3. The molecule has 0 saturated carbocycles. The van der Waals surface area contributed by atoms with E-state index in [1.54, 1.807) is 11.3 Å². The Bertz CT molecular complexity index is 737. The zero-order valence-corrected chi connectivity index (χ0v) is 17.4. The maximum atomic E-state index is 12.6. The van der Waals surface area contributed by atoms with Crippen LogP contribution in [0.25, 0.3) is 0 Å². The molecule has 1 amide bonds. The molecule has 1 saturated heterocycles. The second-order valence-electron chi connectivity index (χ2n) is 6.48. The number of nitrogens with one attached hydrogen (secondary N) is 2. The fourth-order valence-electron chi connectivity index (χ4n) is 3.51. The highest BCUT2D eigenvalue weighted by atomic mass is 35.5. The summed E-state index contributed by atoms with van der Waals surface area (Å²) in [7, 11) is 0. The highest BCUT2D eigenvalue weighted by Crippen LogP contribution is 2.25. The van der Waals surface area contributed by atoms with Crippen LogP contribution in [0.3, 0.4) is 0 Å². The summed E-state index contributed by atoms with van der Waals surface area (Å²) in [6.45, 7) is 5.69. The van der Waals surface area contributed by atoms with Crippen LogP contribution in [0.15, 0.2) is 35.7 Å². The summed E-state index contributed by atoms with van der Waals surface area (Å²) in [5.41, 5.74) is 3.27. The SMILES string of the molecule is Cl.Cl.O=C(NCC(c1cccs1)N1CCOCC1)c1ccc2c(c1)CNC2. The van der Waals surface area contributed by atoms with Crippen molar-refractivity contribution < 1.29 is 9.53 Å². The van der Waals surface area contributed by atoms with Crippen molar-refractivity contribution in [1.82, 2.24) is 15.5 Å². The molecule has 5 nitrogen and oxygen atoms in total. The zero-order valence-electron chi connectivity index (χ0n) is 15.0. The Hall–Kier alpha value is -1.15. The molecule has 2 aliphatic heterocycles. The van der Waals surface area contributed by atoms with Gasteiger partial charge in [-0.3, -0.25) is 9.69 Å². The number of ether oxygens (including phenoxy) is 1. The van der Waals surface area contributed by atoms with Gasteiger partial charge in [-0.1, -0.05) is 12.1 Å². The van der Waals surface area contributed by atoms with Crippen LogP contribution < -0.4 is 10.6 Å². The van der Waals surface area contributed by atoms with Crippen molar-refractivity contribution in [1.29, 1.82) is 0 Å². The van der Waals surface area contributed by atoms with E-state index in [1.807, 2.05) is 12.1 Å². The van der Waals surface area contributed by atoms with E-state index in [-0.39, 0.29) is 36.8 Å². The molecule has 0 radical (unpaired) electrons. The number of thiophene rings is 1. The lowest BCUT2D eigenvalue weighted by Crippen LogP contribution is -2.43. The molecule has 0 bridgehead atoms. The Balaban J connectivity index is 0.00000131. The first kappa shape index (κ1) is 22.1. The summed E-state index contributed by atoms with van der Waals surface area (Å²) in [6, 6.07) is 10.4. The van der Waals surface area contributed by atoms with Gasteiger partial charge in [-0.05, 0) is 34.7 Å². The van der Waals surface area contributed by atoms with Crippen LogP contribution in [0, 0.1) is 0 Å². The van der Waals surface area contributed by atoms with Gasteiger partial charge in [0.2, 0.25) is 0 Å². The molecule has 148 valence electrons. The lowest BCUT2D eigenvalue weighted by Gasteiger charge is -2.34. The summed E-state index contributed by atoms with van der Waals surface area (Å²) in [6.07, 6.45) is 0. The first-order chi connectivity index (χ1) is 12.3. The van der Waals surface area contributed by atoms with Crippen molar-refractivity contribution in [2.24, 2.45) is 0 Å². The Morgan fingerprint density at radius 1 is 1.19 bits per heavy atom. The van der Waals surface area contributed by atoms with Crippen molar-refractivity contribution in [3.63, 3.8) is 0 Å². The maximum absolute atomic E-state index is 12.6. The van der Waals surface area contributed by atoms with E-state index in [0.29, 0.717) is 6.54 Å². The second kappa shape index (κ2) is 10.4. The van der Waals surface area contributed by atoms with Crippen molar-refractivity contribution in [2.75, 3.05) is 32.8 Å². The van der Waals surface area contributed by atoms with E-state index in [4.69, 9.17) is 4.74 Å². The van der Waals surface area contributed by atoms with Crippen LogP contribution in [-0.2, 0) is 17.8 Å². The fourth-order valence-corrected chi connectivity index (χ4v) is 4.37. The van der Waals surface area contributed by atoms with E-state index < -0.39 is 0 Å². The molecule has 1 aromatic heterocycles. The summed E-state index contributed by atoms with van der Waals surface area (Å²) >= 11 is 1.75. The summed E-state index contributed by atoms with van der Waals surface area (Å²) in [5, 5.41) is 8.55. The standard InChI is InChI=1S/C19H23N3O2S.2ClH/c23-19(14-3-4-15-11-20-12-16(15)10-14)21-13-17(18-2-1-9-25-18)22-5-7-24-8-6-22;;/h1-4,9-10,17,20H,5-8,11-13H2,(H,21,23);2*1H. The smallest absolute Gasteiger partial charge is 0.251 e. The first-order valence-corrected chi connectivity index (χ1v) is 9.65. The molecule has 3 heterocycles. The van der Waals surface area contributed by atoms with E-state index in [9.17, 15) is 4.79 Å². The molecule has 0 aliphatic carbocycles. The van der Waals surface area contributed by atoms with Crippen LogP contribution in [0.1, 0.15) is 32.4 Å². The summed E-state index contributed by atoms with van der Waals surface area (Å²) in [4.78, 5) is 16.3. The number of carbonyl (C=O) groups is 1. The number of fused-ring (bicyclic) bond motifs is 1. The lowest BCUT2D eigenvalue weighted by atomic mass is 10.1. The van der Waals surface area contributed by atoms with Gasteiger partial charge in [-0.2, -0.15) is 0 Å². The Morgan fingerprint density at radius 2 is 1.96 bits per heavy atom. The van der Waals surface area contributed by atoms with Gasteiger partial charge < -0.3 is 15.4 Å². The molecule has 0 spiro atoms. The van der Waals surface area contributed by atoms with E-state index >= 15 is 0 Å². The minimum Gasteiger partial charge on any atom is -0.379 e. The number of rotatable bonds is 5. The minimum absolute atomic E-state index is 0. The average molecular weight is 430 g/mol. The highest BCUT2D eigenvalue weighted by molar-refractivity contribution is 7.10. The van der Waals surface area contributed by atoms with Crippen molar-refractivity contribution >= 4 is 42.1 Å². The second-order valence-corrected chi connectivity index (χ2v) is 7.46. The minimum atomic E-state index is 0. The van der Waals surface area contributed by atoms with Crippen LogP contribution in [0.2, 0.25) is 0 Å². The number of halogens is 2. The van der Waals surface area contributed by atoms with E-state index in [0.717, 1.165) is 45.0 Å². The molecule has 4 rings (SSSR count). The van der Waals surface area contributed by atoms with Crippen LogP contribution in [0.4, 0.5) is 0 Å². The van der Waals surface area contributed by atoms with Crippen molar-refractivity contribution in [3.8, 4) is 0 Å². The van der Waals surface area contributed by atoms with Crippen LogP contribution >= 0.6 is 36.2 Å². The predicted molar refractivity (Wildman–Crippen MR) is 113 cm³/mol. The summed E-state index contributed by atoms with van der Waals surface area (Å²) < 4.78 is 5.47. The van der Waals surface area contributed by atoms with Crippen molar-refractivity contribution in [3.05, 3.63) is 57.3 Å². The molecule has 1 aromatic carbocycles. The fraction of sp³-hybridized carbons (Fsp3) is 0.421. The third kappa shape index (κ3) is 5.22. The average Bonchev–Trinajstić information content (AvgIpc) is 3.34. The van der Waals surface area contributed by atoms with Gasteiger partial charge in [0.1, 0.15) is 0 Å². The molecule has 2 aliphatic rings. The molecule has 2 aromatic rings. The topological polar surface area (TPSA) is 53.6 Å². The quantitative estimate of drug-likeness (QED) is 0.766. The number of nitrogens with zero attached hydrogens (tertiary/aromatic N) is 1. The first-order valence-electron chi connectivity index (χ1n) is 8.77. The predicted octanol–water partition coefficient (Wildman–Crippen LogP) is 3.00. The van der Waals surface area contributed by atoms with Gasteiger partial charge in [0.25, 0.3) is 5.91 Å². The van der Waals surface area contributed by atoms with Gasteiger partial charge in [0.15, 0.2) is 0 Å². The van der Waals surface area contributed by atoms with Crippen molar-refractivity contribution in [2.45, 2.75) is 19.1 Å². The van der Waals surface area contributed by atoms with Gasteiger partial charge in [-0.25, -0.2) is 0 Å². The Morgan fingerprint density at radius 3 is 2.70 bits per heavy atom. The largest absolute Gasteiger partial charge is 0.379 e. The lowest BCUT2D eigenvalue weighted by molar-refractivity contribution is 0.0169. The molecule has 2 N–H and O–H groups in total. The zero-order chi connectivity index (χ0) is 17.1. The van der Waals surface area contributed by atoms with E-state index in [2.05, 4.69) is 39.1 Å². The molecule has 8 heteroatoms. The maximum Gasteiger partial charge on any atom is 0.251 e. The molecule has 1 fully saturated rings. The Labute approximate surface area is 176 Å². The number of carbonyl (C=O) groups excluding carboxylic acids is 1. The van der Waals surface area contributed by atoms with Crippen LogP contribution in [-0.4, -0.2) is 43.7 Å². The number of hydrogen-bond acceptors (Lipinski definition) is 5. The number of hydrogen-bond donors (Lipinski definition) is 2. The number of morpholine rings is 1. The van der Waals surface area contributed by atoms with Gasteiger partial charge in [-0.15, -0.1) is 36.2 Å². The van der Waals surface area contributed by atoms with Gasteiger partial charge in [0.05, 0.1) is 19.3 Å². The van der Waals surface area contributed by atoms with Gasteiger partial charge >= 0.3 is 0 Å². The third-order valence-electron chi connectivity index (χ3n) is 4.91. The highest BCUT2D eigenvalue weighted by Gasteiger charge is 2.24. The molecular formula is C19H25Cl2N3O2S. The molecule has 1 unspecified atom stereocenters. The van der Waals surface area contributed by atoms with E-state index in [1.165, 1.54) is 16.0 Å². The molecule has 1 atom stereocenters. The third-order valence-corrected chi connectivity index (χ3v) is 5.89. The molecule has 27 heavy (non-hydrogen) atoms. The number of benzene rings is 1. The Kier molecular flexibility index (Phi) is 8.54. The monoisotopic (exact) mass is 429 g/mol. The van der Waals surface area contributed by atoms with Crippen LogP contribution in [0.5, 0.6) is 0 Å².